The molecule has 5 nitrogen and oxygen atoms in total. The Bertz CT molecular complexity index is 375. The van der Waals surface area contributed by atoms with Gasteiger partial charge in [-0.05, 0) is 13.3 Å². The van der Waals surface area contributed by atoms with E-state index in [-0.39, 0.29) is 25.2 Å². The van der Waals surface area contributed by atoms with Crippen LogP contribution in [0.5, 0.6) is 0 Å². The van der Waals surface area contributed by atoms with Crippen molar-refractivity contribution in [2.75, 3.05) is 27.1 Å². The molecule has 0 bridgehead atoms. The zero-order valence-electron chi connectivity index (χ0n) is 13.0. The summed E-state index contributed by atoms with van der Waals surface area (Å²) >= 11 is 0. The van der Waals surface area contributed by atoms with Gasteiger partial charge in [0.05, 0.1) is 6.61 Å². The van der Waals surface area contributed by atoms with Gasteiger partial charge < -0.3 is 14.8 Å². The second-order valence-corrected chi connectivity index (χ2v) is 4.64. The van der Waals surface area contributed by atoms with Crippen LogP contribution in [0.2, 0.25) is 0 Å². The van der Waals surface area contributed by atoms with Gasteiger partial charge >= 0.3 is 0 Å². The number of nitrogens with zero attached hydrogens (tertiary/aromatic N) is 1. The summed E-state index contributed by atoms with van der Waals surface area (Å²) in [6.45, 7) is 14.3. The van der Waals surface area contributed by atoms with E-state index in [2.05, 4.69) is 23.5 Å². The summed E-state index contributed by atoms with van der Waals surface area (Å²) in [7, 11) is 1.52. The maximum atomic E-state index is 11.8. The van der Waals surface area contributed by atoms with Crippen LogP contribution in [0.1, 0.15) is 27.2 Å². The molecule has 0 spiro atoms. The minimum Gasteiger partial charge on any atom is -0.359 e. The van der Waals surface area contributed by atoms with Gasteiger partial charge in [0.25, 0.3) is 0 Å². The van der Waals surface area contributed by atoms with E-state index in [0.29, 0.717) is 12.1 Å². The van der Waals surface area contributed by atoms with Gasteiger partial charge in [-0.15, -0.1) is 0 Å². The molecule has 0 aliphatic carbocycles. The van der Waals surface area contributed by atoms with Crippen LogP contribution in [-0.2, 0) is 14.3 Å². The molecule has 0 aromatic carbocycles. The maximum Gasteiger partial charge on any atom is 0.248 e. The molecule has 0 saturated carbocycles. The first-order valence-electron chi connectivity index (χ1n) is 6.67. The normalized spacial score (nSPS) is 12.9. The summed E-state index contributed by atoms with van der Waals surface area (Å²) in [5.74, 6) is -0.0648. The molecule has 0 aromatic heterocycles. The summed E-state index contributed by atoms with van der Waals surface area (Å²) < 4.78 is 9.80. The summed E-state index contributed by atoms with van der Waals surface area (Å²) in [4.78, 5) is 16.1. The average Bonchev–Trinajstić information content (AvgIpc) is 2.43. The molecular weight excluding hydrogens is 256 g/mol. The van der Waals surface area contributed by atoms with Crippen LogP contribution in [0.3, 0.4) is 0 Å². The van der Waals surface area contributed by atoms with Crippen molar-refractivity contribution in [1.29, 1.82) is 0 Å². The predicted molar refractivity (Wildman–Crippen MR) is 81.7 cm³/mol. The van der Waals surface area contributed by atoms with E-state index >= 15 is 0 Å². The number of ether oxygens (including phenoxy) is 2. The molecule has 0 aliphatic heterocycles. The van der Waals surface area contributed by atoms with Gasteiger partial charge in [0.15, 0.2) is 0 Å². The number of hydrogen-bond acceptors (Lipinski definition) is 4. The van der Waals surface area contributed by atoms with Gasteiger partial charge in [0, 0.05) is 36.6 Å². The number of rotatable bonds is 10. The summed E-state index contributed by atoms with van der Waals surface area (Å²) in [5, 5.41) is 2.81. The Labute approximate surface area is 121 Å². The molecule has 0 heterocycles. The van der Waals surface area contributed by atoms with E-state index in [4.69, 9.17) is 9.47 Å². The van der Waals surface area contributed by atoms with Gasteiger partial charge in [0.2, 0.25) is 5.91 Å². The topological polar surface area (TPSA) is 59.9 Å². The number of nitrogens with one attached hydrogen (secondary N) is 1. The van der Waals surface area contributed by atoms with Crippen molar-refractivity contribution in [2.45, 2.75) is 27.2 Å². The lowest BCUT2D eigenvalue weighted by atomic mass is 10.1. The Kier molecular flexibility index (Phi) is 9.59. The summed E-state index contributed by atoms with van der Waals surface area (Å²) in [5.41, 5.74) is 2.18. The molecule has 1 amide bonds. The Balaban J connectivity index is 4.14. The molecule has 20 heavy (non-hydrogen) atoms. The molecule has 5 heteroatoms. The highest BCUT2D eigenvalue weighted by Gasteiger charge is 2.11. The predicted octanol–water partition coefficient (Wildman–Crippen LogP) is 2.30. The third-order valence-electron chi connectivity index (χ3n) is 2.82. The van der Waals surface area contributed by atoms with Crippen LogP contribution >= 0.6 is 0 Å². The third kappa shape index (κ3) is 7.86. The van der Waals surface area contributed by atoms with Crippen molar-refractivity contribution >= 4 is 11.6 Å². The second kappa shape index (κ2) is 10.3. The zero-order chi connectivity index (χ0) is 15.5. The number of amides is 1. The van der Waals surface area contributed by atoms with Crippen molar-refractivity contribution in [3.8, 4) is 0 Å². The first-order chi connectivity index (χ1) is 9.42. The van der Waals surface area contributed by atoms with Crippen LogP contribution in [0.25, 0.3) is 0 Å². The quantitative estimate of drug-likeness (QED) is 0.289. The lowest BCUT2D eigenvalue weighted by Crippen LogP contribution is -2.32. The number of methoxy groups -OCH3 is 1. The minimum atomic E-state index is -0.213. The highest BCUT2D eigenvalue weighted by Crippen LogP contribution is 2.05. The number of hydrogen-bond donors (Lipinski definition) is 1. The molecule has 0 aliphatic rings. The van der Waals surface area contributed by atoms with E-state index in [1.807, 2.05) is 20.8 Å². The van der Waals surface area contributed by atoms with Gasteiger partial charge in [-0.3, -0.25) is 9.79 Å². The fraction of sp³-hybridized carbons (Fsp3) is 0.600. The standard InChI is InChI=1S/C15H26N2O3/c1-7-13(4)17-14(5)11(2)8-16-15(18)12(3)9-20-10-19-6/h11H,3-4,7-10H2,1-2,5-6H3,(H,16,18)/b17-14-. The van der Waals surface area contributed by atoms with Crippen molar-refractivity contribution in [3.63, 3.8) is 0 Å². The largest absolute Gasteiger partial charge is 0.359 e. The molecule has 0 saturated heterocycles. The Morgan fingerprint density at radius 3 is 2.60 bits per heavy atom. The van der Waals surface area contributed by atoms with Crippen LogP contribution < -0.4 is 5.32 Å². The molecule has 1 atom stereocenters. The van der Waals surface area contributed by atoms with Crippen molar-refractivity contribution < 1.29 is 14.3 Å². The van der Waals surface area contributed by atoms with E-state index < -0.39 is 0 Å². The van der Waals surface area contributed by atoms with Crippen LogP contribution in [0, 0.1) is 5.92 Å². The zero-order valence-corrected chi connectivity index (χ0v) is 13.0. The fourth-order valence-corrected chi connectivity index (χ4v) is 1.27. The molecular formula is C15H26N2O3. The monoisotopic (exact) mass is 282 g/mol. The first kappa shape index (κ1) is 18.5. The van der Waals surface area contributed by atoms with Crippen molar-refractivity contribution in [2.24, 2.45) is 10.9 Å². The smallest absolute Gasteiger partial charge is 0.248 e. The summed E-state index contributed by atoms with van der Waals surface area (Å²) in [6.07, 6.45) is 0.823. The highest BCUT2D eigenvalue weighted by atomic mass is 16.7. The van der Waals surface area contributed by atoms with E-state index in [1.54, 1.807) is 0 Å². The number of carbonyl (C=O) groups is 1. The fourth-order valence-electron chi connectivity index (χ4n) is 1.27. The highest BCUT2D eigenvalue weighted by molar-refractivity contribution is 5.93. The van der Waals surface area contributed by atoms with E-state index in [9.17, 15) is 4.79 Å². The molecule has 114 valence electrons. The minimum absolute atomic E-state index is 0.146. The van der Waals surface area contributed by atoms with Crippen LogP contribution in [0.15, 0.2) is 29.4 Å². The maximum absolute atomic E-state index is 11.8. The van der Waals surface area contributed by atoms with Gasteiger partial charge in [-0.25, -0.2) is 0 Å². The van der Waals surface area contributed by atoms with Crippen molar-refractivity contribution in [1.82, 2.24) is 5.32 Å². The van der Waals surface area contributed by atoms with E-state index in [1.165, 1.54) is 7.11 Å². The number of carbonyl (C=O) groups excluding carboxylic acids is 1. The lowest BCUT2D eigenvalue weighted by Gasteiger charge is -2.14. The molecule has 1 N–H and O–H groups in total. The molecule has 1 unspecified atom stereocenters. The van der Waals surface area contributed by atoms with Crippen LogP contribution in [0.4, 0.5) is 0 Å². The number of aliphatic imine (C=N–C) groups is 1. The summed E-state index contributed by atoms with van der Waals surface area (Å²) in [6, 6.07) is 0. The van der Waals surface area contributed by atoms with Gasteiger partial charge in [-0.1, -0.05) is 27.0 Å². The van der Waals surface area contributed by atoms with Crippen LogP contribution in [-0.4, -0.2) is 38.7 Å². The van der Waals surface area contributed by atoms with E-state index in [0.717, 1.165) is 17.8 Å². The first-order valence-corrected chi connectivity index (χ1v) is 6.67. The molecule has 0 aromatic rings. The third-order valence-corrected chi connectivity index (χ3v) is 2.82. The number of allylic oxidation sites excluding steroid dienone is 1. The molecule has 0 fully saturated rings. The van der Waals surface area contributed by atoms with Gasteiger partial charge in [-0.2, -0.15) is 0 Å². The average molecular weight is 282 g/mol. The molecule has 0 radical (unpaired) electrons. The Morgan fingerprint density at radius 1 is 1.40 bits per heavy atom. The lowest BCUT2D eigenvalue weighted by molar-refractivity contribution is -0.118. The van der Waals surface area contributed by atoms with Gasteiger partial charge in [0.1, 0.15) is 6.79 Å². The second-order valence-electron chi connectivity index (χ2n) is 4.64. The molecule has 0 rings (SSSR count). The Morgan fingerprint density at radius 2 is 2.05 bits per heavy atom. The SMILES string of the molecule is C=C(CC)/N=C(/C)C(C)CNC(=O)C(=C)COCOC. The Hall–Kier alpha value is -1.46. The van der Waals surface area contributed by atoms with Crippen molar-refractivity contribution in [3.05, 3.63) is 24.4 Å².